The zero-order chi connectivity index (χ0) is 8.95. The third kappa shape index (κ3) is 25.7. The number of aliphatic hydroxyl groups excluding tert-OH is 1. The van der Waals surface area contributed by atoms with Crippen molar-refractivity contribution in [2.45, 2.75) is 46.0 Å². The van der Waals surface area contributed by atoms with Crippen molar-refractivity contribution in [1.29, 1.82) is 0 Å². The third-order valence-corrected chi connectivity index (χ3v) is 1.34. The lowest BCUT2D eigenvalue weighted by Crippen LogP contribution is -2.02. The minimum atomic E-state index is 0.0972. The molecular formula is C9H23NO. The largest absolute Gasteiger partial charge is 0.395 e. The van der Waals surface area contributed by atoms with Crippen LogP contribution in [0.3, 0.4) is 0 Å². The van der Waals surface area contributed by atoms with E-state index in [1.54, 1.807) is 0 Å². The maximum atomic E-state index is 7.75. The molecule has 11 heavy (non-hydrogen) atoms. The maximum Gasteiger partial charge on any atom is 0.0553 e. The van der Waals surface area contributed by atoms with Crippen molar-refractivity contribution in [3.05, 3.63) is 0 Å². The van der Waals surface area contributed by atoms with Crippen LogP contribution in [0.1, 0.15) is 46.0 Å². The summed E-state index contributed by atoms with van der Waals surface area (Å²) in [6.45, 7) is 4.96. The van der Waals surface area contributed by atoms with Crippen LogP contribution >= 0.6 is 0 Å². The van der Waals surface area contributed by atoms with Gasteiger partial charge in [0.25, 0.3) is 0 Å². The van der Waals surface area contributed by atoms with E-state index in [1.165, 1.54) is 32.1 Å². The molecule has 0 aliphatic heterocycles. The zero-order valence-electron chi connectivity index (χ0n) is 7.97. The Morgan fingerprint density at radius 1 is 1.00 bits per heavy atom. The SMILES string of the molecule is CCCCCCC.NCCO. The van der Waals surface area contributed by atoms with Crippen molar-refractivity contribution >= 4 is 0 Å². The first-order valence-corrected chi connectivity index (χ1v) is 4.64. The number of nitrogens with two attached hydrogens (primary N) is 1. The Hall–Kier alpha value is -0.0800. The van der Waals surface area contributed by atoms with E-state index in [0.717, 1.165) is 0 Å². The third-order valence-electron chi connectivity index (χ3n) is 1.34. The second-order valence-electron chi connectivity index (χ2n) is 2.57. The molecule has 0 aliphatic carbocycles. The minimum absolute atomic E-state index is 0.0972. The first-order chi connectivity index (χ1) is 5.33. The topological polar surface area (TPSA) is 46.2 Å². The molecule has 0 atom stereocenters. The molecule has 0 saturated heterocycles. The lowest BCUT2D eigenvalue weighted by atomic mass is 10.2. The summed E-state index contributed by atoms with van der Waals surface area (Å²) in [5.41, 5.74) is 4.78. The van der Waals surface area contributed by atoms with E-state index >= 15 is 0 Å². The van der Waals surface area contributed by atoms with Gasteiger partial charge in [-0.15, -0.1) is 0 Å². The van der Waals surface area contributed by atoms with Gasteiger partial charge in [-0.1, -0.05) is 46.0 Å². The van der Waals surface area contributed by atoms with Crippen LogP contribution in [0.5, 0.6) is 0 Å². The van der Waals surface area contributed by atoms with Crippen LogP contribution < -0.4 is 5.73 Å². The molecule has 0 heterocycles. The molecule has 2 heteroatoms. The van der Waals surface area contributed by atoms with Crippen molar-refractivity contribution < 1.29 is 5.11 Å². The maximum absolute atomic E-state index is 7.75. The molecule has 0 radical (unpaired) electrons. The van der Waals surface area contributed by atoms with Gasteiger partial charge in [-0.05, 0) is 0 Å². The number of rotatable bonds is 5. The van der Waals surface area contributed by atoms with Gasteiger partial charge in [0.15, 0.2) is 0 Å². The van der Waals surface area contributed by atoms with Crippen molar-refractivity contribution in [2.75, 3.05) is 13.2 Å². The summed E-state index contributed by atoms with van der Waals surface area (Å²) < 4.78 is 0. The molecule has 0 aromatic heterocycles. The highest BCUT2D eigenvalue weighted by Gasteiger charge is 1.80. The summed E-state index contributed by atoms with van der Waals surface area (Å²) in [6, 6.07) is 0. The summed E-state index contributed by atoms with van der Waals surface area (Å²) in [4.78, 5) is 0. The number of aliphatic hydroxyl groups is 1. The highest BCUT2D eigenvalue weighted by atomic mass is 16.3. The summed E-state index contributed by atoms with van der Waals surface area (Å²) in [6.07, 6.45) is 7.01. The predicted molar refractivity (Wildman–Crippen MR) is 50.6 cm³/mol. The average Bonchev–Trinajstić information content (AvgIpc) is 2.06. The quantitative estimate of drug-likeness (QED) is 0.605. The summed E-state index contributed by atoms with van der Waals surface area (Å²) in [5, 5.41) is 7.75. The molecular weight excluding hydrogens is 138 g/mol. The Bertz CT molecular complexity index is 42.8. The highest BCUT2D eigenvalue weighted by molar-refractivity contribution is 4.35. The number of unbranched alkanes of at least 4 members (excludes halogenated alkanes) is 4. The van der Waals surface area contributed by atoms with Crippen LogP contribution in [0.15, 0.2) is 0 Å². The van der Waals surface area contributed by atoms with E-state index in [0.29, 0.717) is 6.54 Å². The van der Waals surface area contributed by atoms with Gasteiger partial charge >= 0.3 is 0 Å². The van der Waals surface area contributed by atoms with Crippen LogP contribution in [0.2, 0.25) is 0 Å². The second kappa shape index (κ2) is 16.5. The molecule has 70 valence electrons. The van der Waals surface area contributed by atoms with Crippen LogP contribution in [0, 0.1) is 0 Å². The van der Waals surface area contributed by atoms with E-state index in [1.807, 2.05) is 0 Å². The molecule has 0 aliphatic rings. The Balaban J connectivity index is 0. The second-order valence-corrected chi connectivity index (χ2v) is 2.57. The number of hydrogen-bond donors (Lipinski definition) is 2. The lowest BCUT2D eigenvalue weighted by Gasteiger charge is -1.90. The van der Waals surface area contributed by atoms with Gasteiger partial charge in [0.2, 0.25) is 0 Å². The Morgan fingerprint density at radius 2 is 1.36 bits per heavy atom. The van der Waals surface area contributed by atoms with Gasteiger partial charge in [-0.2, -0.15) is 0 Å². The molecule has 0 amide bonds. The predicted octanol–water partition coefficient (Wildman–Crippen LogP) is 1.91. The highest BCUT2D eigenvalue weighted by Crippen LogP contribution is 2.00. The fraction of sp³-hybridized carbons (Fsp3) is 1.00. The summed E-state index contributed by atoms with van der Waals surface area (Å²) >= 11 is 0. The van der Waals surface area contributed by atoms with E-state index in [-0.39, 0.29) is 6.61 Å². The van der Waals surface area contributed by atoms with Gasteiger partial charge in [0.1, 0.15) is 0 Å². The Morgan fingerprint density at radius 3 is 1.55 bits per heavy atom. The Labute approximate surface area is 70.8 Å². The molecule has 0 aromatic carbocycles. The lowest BCUT2D eigenvalue weighted by molar-refractivity contribution is 0.306. The average molecular weight is 161 g/mol. The zero-order valence-corrected chi connectivity index (χ0v) is 7.97. The molecule has 0 bridgehead atoms. The normalized spacial score (nSPS) is 8.73. The van der Waals surface area contributed by atoms with Crippen LogP contribution in [0.25, 0.3) is 0 Å². The van der Waals surface area contributed by atoms with Crippen LogP contribution in [-0.4, -0.2) is 18.3 Å². The van der Waals surface area contributed by atoms with Crippen LogP contribution in [0.4, 0.5) is 0 Å². The molecule has 0 aromatic rings. The van der Waals surface area contributed by atoms with Crippen molar-refractivity contribution in [2.24, 2.45) is 5.73 Å². The standard InChI is InChI=1S/C7H16.C2H7NO/c1-3-5-7-6-4-2;3-1-2-4/h3-7H2,1-2H3;4H,1-3H2. The first-order valence-electron chi connectivity index (χ1n) is 4.64. The van der Waals surface area contributed by atoms with Crippen molar-refractivity contribution in [3.8, 4) is 0 Å². The molecule has 3 N–H and O–H groups in total. The van der Waals surface area contributed by atoms with Gasteiger partial charge in [-0.3, -0.25) is 0 Å². The minimum Gasteiger partial charge on any atom is -0.395 e. The number of hydrogen-bond acceptors (Lipinski definition) is 2. The molecule has 2 nitrogen and oxygen atoms in total. The summed E-state index contributed by atoms with van der Waals surface area (Å²) in [7, 11) is 0. The van der Waals surface area contributed by atoms with E-state index in [4.69, 9.17) is 10.8 Å². The van der Waals surface area contributed by atoms with Gasteiger partial charge in [-0.25, -0.2) is 0 Å². The fourth-order valence-corrected chi connectivity index (χ4v) is 0.677. The molecule has 0 spiro atoms. The van der Waals surface area contributed by atoms with Gasteiger partial charge in [0, 0.05) is 6.54 Å². The molecule has 0 unspecified atom stereocenters. The molecule has 0 fully saturated rings. The van der Waals surface area contributed by atoms with Gasteiger partial charge in [0.05, 0.1) is 6.61 Å². The summed E-state index contributed by atoms with van der Waals surface area (Å²) in [5.74, 6) is 0. The van der Waals surface area contributed by atoms with E-state index in [2.05, 4.69) is 13.8 Å². The molecule has 0 rings (SSSR count). The van der Waals surface area contributed by atoms with Crippen LogP contribution in [-0.2, 0) is 0 Å². The Kier molecular flexibility index (Phi) is 20.2. The van der Waals surface area contributed by atoms with E-state index in [9.17, 15) is 0 Å². The van der Waals surface area contributed by atoms with Crippen molar-refractivity contribution in [3.63, 3.8) is 0 Å². The molecule has 0 saturated carbocycles. The van der Waals surface area contributed by atoms with E-state index < -0.39 is 0 Å². The smallest absolute Gasteiger partial charge is 0.0553 e. The fourth-order valence-electron chi connectivity index (χ4n) is 0.677. The van der Waals surface area contributed by atoms with Crippen molar-refractivity contribution in [1.82, 2.24) is 0 Å². The van der Waals surface area contributed by atoms with Gasteiger partial charge < -0.3 is 10.8 Å². The monoisotopic (exact) mass is 161 g/mol. The first kappa shape index (κ1) is 13.5.